The standard InChI is InChI=1S/C17H19FN2O/c1-3-19-17(21)14-7-8-16(12(2)9-14)20-11-13-5-4-6-15(18)10-13/h4-10,20H,3,11H2,1-2H3,(H,19,21). The van der Waals surface area contributed by atoms with Gasteiger partial charge >= 0.3 is 0 Å². The summed E-state index contributed by atoms with van der Waals surface area (Å²) in [4.78, 5) is 11.8. The van der Waals surface area contributed by atoms with Crippen molar-refractivity contribution in [3.63, 3.8) is 0 Å². The van der Waals surface area contributed by atoms with Gasteiger partial charge in [0, 0.05) is 24.3 Å². The number of halogens is 1. The van der Waals surface area contributed by atoms with E-state index < -0.39 is 0 Å². The third kappa shape index (κ3) is 4.05. The zero-order valence-corrected chi connectivity index (χ0v) is 12.2. The van der Waals surface area contributed by atoms with Crippen LogP contribution in [0.1, 0.15) is 28.4 Å². The molecule has 2 rings (SSSR count). The molecule has 0 aromatic heterocycles. The Balaban J connectivity index is 2.06. The number of benzene rings is 2. The van der Waals surface area contributed by atoms with Crippen LogP contribution in [0.3, 0.4) is 0 Å². The van der Waals surface area contributed by atoms with E-state index in [0.717, 1.165) is 16.8 Å². The van der Waals surface area contributed by atoms with Crippen molar-refractivity contribution < 1.29 is 9.18 Å². The van der Waals surface area contributed by atoms with Gasteiger partial charge in [0.1, 0.15) is 5.82 Å². The van der Waals surface area contributed by atoms with E-state index >= 15 is 0 Å². The molecule has 0 fully saturated rings. The van der Waals surface area contributed by atoms with E-state index in [4.69, 9.17) is 0 Å². The summed E-state index contributed by atoms with van der Waals surface area (Å²) in [5.74, 6) is -0.310. The van der Waals surface area contributed by atoms with Crippen molar-refractivity contribution in [2.75, 3.05) is 11.9 Å². The average molecular weight is 286 g/mol. The van der Waals surface area contributed by atoms with Crippen LogP contribution in [0, 0.1) is 12.7 Å². The quantitative estimate of drug-likeness (QED) is 0.883. The SMILES string of the molecule is CCNC(=O)c1ccc(NCc2cccc(F)c2)c(C)c1. The van der Waals surface area contributed by atoms with Crippen molar-refractivity contribution in [2.24, 2.45) is 0 Å². The van der Waals surface area contributed by atoms with Crippen LogP contribution in [0.5, 0.6) is 0 Å². The first-order chi connectivity index (χ1) is 10.1. The smallest absolute Gasteiger partial charge is 0.251 e. The average Bonchev–Trinajstić information content (AvgIpc) is 2.46. The minimum atomic E-state index is -0.238. The monoisotopic (exact) mass is 286 g/mol. The zero-order chi connectivity index (χ0) is 15.2. The molecule has 0 unspecified atom stereocenters. The molecule has 2 N–H and O–H groups in total. The van der Waals surface area contributed by atoms with E-state index in [1.54, 1.807) is 12.1 Å². The molecule has 1 amide bonds. The third-order valence-electron chi connectivity index (χ3n) is 3.20. The van der Waals surface area contributed by atoms with Gasteiger partial charge in [-0.2, -0.15) is 0 Å². The number of rotatable bonds is 5. The molecule has 2 aromatic rings. The fraction of sp³-hybridized carbons (Fsp3) is 0.235. The van der Waals surface area contributed by atoms with E-state index in [0.29, 0.717) is 18.7 Å². The summed E-state index contributed by atoms with van der Waals surface area (Å²) in [5.41, 5.74) is 3.44. The molecule has 0 radical (unpaired) electrons. The Hall–Kier alpha value is -2.36. The molecule has 0 atom stereocenters. The summed E-state index contributed by atoms with van der Waals surface area (Å²) >= 11 is 0. The molecular formula is C17H19FN2O. The number of amides is 1. The Morgan fingerprint density at radius 2 is 2.00 bits per heavy atom. The zero-order valence-electron chi connectivity index (χ0n) is 12.2. The van der Waals surface area contributed by atoms with Crippen molar-refractivity contribution >= 4 is 11.6 Å². The molecule has 3 nitrogen and oxygen atoms in total. The second-order valence-electron chi connectivity index (χ2n) is 4.87. The molecule has 0 aliphatic carbocycles. The maximum atomic E-state index is 13.1. The molecule has 21 heavy (non-hydrogen) atoms. The van der Waals surface area contributed by atoms with Crippen LogP contribution in [0.15, 0.2) is 42.5 Å². The van der Waals surface area contributed by atoms with E-state index in [2.05, 4.69) is 10.6 Å². The van der Waals surface area contributed by atoms with E-state index in [1.807, 2.05) is 32.0 Å². The fourth-order valence-electron chi connectivity index (χ4n) is 2.11. The van der Waals surface area contributed by atoms with Crippen molar-refractivity contribution in [2.45, 2.75) is 20.4 Å². The maximum absolute atomic E-state index is 13.1. The van der Waals surface area contributed by atoms with Crippen molar-refractivity contribution in [3.05, 3.63) is 65.0 Å². The molecule has 0 saturated carbocycles. The number of carbonyl (C=O) groups is 1. The molecule has 0 heterocycles. The van der Waals surface area contributed by atoms with Crippen LogP contribution in [-0.2, 0) is 6.54 Å². The Labute approximate surface area is 124 Å². The van der Waals surface area contributed by atoms with Gasteiger partial charge in [0.2, 0.25) is 0 Å². The molecule has 0 bridgehead atoms. The van der Waals surface area contributed by atoms with Crippen molar-refractivity contribution in [1.29, 1.82) is 0 Å². The first kappa shape index (κ1) is 15.0. The highest BCUT2D eigenvalue weighted by atomic mass is 19.1. The Bertz CT molecular complexity index is 640. The molecule has 110 valence electrons. The predicted octanol–water partition coefficient (Wildman–Crippen LogP) is 3.50. The van der Waals surface area contributed by atoms with E-state index in [9.17, 15) is 9.18 Å². The van der Waals surface area contributed by atoms with Gasteiger partial charge < -0.3 is 10.6 Å². The highest BCUT2D eigenvalue weighted by molar-refractivity contribution is 5.94. The van der Waals surface area contributed by atoms with Gasteiger partial charge in [-0.25, -0.2) is 4.39 Å². The topological polar surface area (TPSA) is 41.1 Å². The van der Waals surface area contributed by atoms with Gasteiger partial charge in [-0.1, -0.05) is 12.1 Å². The highest BCUT2D eigenvalue weighted by Gasteiger charge is 2.06. The summed E-state index contributed by atoms with van der Waals surface area (Å²) in [6.07, 6.45) is 0. The Kier molecular flexibility index (Phi) is 4.93. The van der Waals surface area contributed by atoms with Gasteiger partial charge in [-0.05, 0) is 55.3 Å². The lowest BCUT2D eigenvalue weighted by Gasteiger charge is -2.11. The number of anilines is 1. The van der Waals surface area contributed by atoms with Gasteiger partial charge in [-0.3, -0.25) is 4.79 Å². The lowest BCUT2D eigenvalue weighted by Crippen LogP contribution is -2.22. The van der Waals surface area contributed by atoms with Crippen LogP contribution in [0.4, 0.5) is 10.1 Å². The molecule has 2 aromatic carbocycles. The number of hydrogen-bond donors (Lipinski definition) is 2. The first-order valence-corrected chi connectivity index (χ1v) is 6.97. The third-order valence-corrected chi connectivity index (χ3v) is 3.20. The minimum Gasteiger partial charge on any atom is -0.381 e. The fourth-order valence-corrected chi connectivity index (χ4v) is 2.11. The van der Waals surface area contributed by atoms with Crippen LogP contribution in [-0.4, -0.2) is 12.5 Å². The summed E-state index contributed by atoms with van der Waals surface area (Å²) in [5, 5.41) is 6.03. The highest BCUT2D eigenvalue weighted by Crippen LogP contribution is 2.18. The largest absolute Gasteiger partial charge is 0.381 e. The molecule has 0 spiro atoms. The molecular weight excluding hydrogens is 267 g/mol. The first-order valence-electron chi connectivity index (χ1n) is 6.97. The Morgan fingerprint density at radius 1 is 1.19 bits per heavy atom. The number of carbonyl (C=O) groups excluding carboxylic acids is 1. The summed E-state index contributed by atoms with van der Waals surface area (Å²) in [7, 11) is 0. The summed E-state index contributed by atoms with van der Waals surface area (Å²) in [6, 6.07) is 12.0. The second-order valence-corrected chi connectivity index (χ2v) is 4.87. The number of hydrogen-bond acceptors (Lipinski definition) is 2. The summed E-state index contributed by atoms with van der Waals surface area (Å²) in [6.45, 7) is 4.98. The van der Waals surface area contributed by atoms with Gasteiger partial charge in [-0.15, -0.1) is 0 Å². The van der Waals surface area contributed by atoms with Crippen LogP contribution in [0.25, 0.3) is 0 Å². The second kappa shape index (κ2) is 6.88. The Morgan fingerprint density at radius 3 is 2.67 bits per heavy atom. The number of nitrogens with one attached hydrogen (secondary N) is 2. The van der Waals surface area contributed by atoms with Gasteiger partial charge in [0.25, 0.3) is 5.91 Å². The lowest BCUT2D eigenvalue weighted by molar-refractivity contribution is 0.0956. The molecule has 0 aliphatic rings. The summed E-state index contributed by atoms with van der Waals surface area (Å²) < 4.78 is 13.1. The van der Waals surface area contributed by atoms with Crippen LogP contribution in [0.2, 0.25) is 0 Å². The van der Waals surface area contributed by atoms with Crippen LogP contribution >= 0.6 is 0 Å². The van der Waals surface area contributed by atoms with Gasteiger partial charge in [0.15, 0.2) is 0 Å². The van der Waals surface area contributed by atoms with Crippen molar-refractivity contribution in [3.8, 4) is 0 Å². The predicted molar refractivity (Wildman–Crippen MR) is 82.9 cm³/mol. The maximum Gasteiger partial charge on any atom is 0.251 e. The lowest BCUT2D eigenvalue weighted by atomic mass is 10.1. The normalized spacial score (nSPS) is 10.2. The molecule has 4 heteroatoms. The van der Waals surface area contributed by atoms with E-state index in [-0.39, 0.29) is 11.7 Å². The minimum absolute atomic E-state index is 0.0720. The van der Waals surface area contributed by atoms with E-state index in [1.165, 1.54) is 12.1 Å². The number of aryl methyl sites for hydroxylation is 1. The van der Waals surface area contributed by atoms with Gasteiger partial charge in [0.05, 0.1) is 0 Å². The van der Waals surface area contributed by atoms with Crippen molar-refractivity contribution in [1.82, 2.24) is 5.32 Å². The molecule has 0 saturated heterocycles. The molecule has 0 aliphatic heterocycles. The van der Waals surface area contributed by atoms with Crippen LogP contribution < -0.4 is 10.6 Å².